The molecule has 7 heterocycles. The van der Waals surface area contributed by atoms with Gasteiger partial charge in [-0.15, -0.1) is 11.8 Å². The zero-order valence-electron chi connectivity index (χ0n) is 76.7. The summed E-state index contributed by atoms with van der Waals surface area (Å²) in [5.41, 5.74) is 20.3. The van der Waals surface area contributed by atoms with Crippen LogP contribution in [0.3, 0.4) is 0 Å². The van der Waals surface area contributed by atoms with Crippen LogP contribution in [-0.4, -0.2) is 329 Å². The van der Waals surface area contributed by atoms with Gasteiger partial charge >= 0.3 is 0 Å². The fourth-order valence-corrected chi connectivity index (χ4v) is 18.2. The van der Waals surface area contributed by atoms with Crippen molar-refractivity contribution in [3.05, 3.63) is 120 Å². The Bertz CT molecular complexity index is 5190. The second-order valence-electron chi connectivity index (χ2n) is 35.1. The van der Waals surface area contributed by atoms with Gasteiger partial charge in [-0.1, -0.05) is 102 Å². The van der Waals surface area contributed by atoms with Crippen molar-refractivity contribution in [3.8, 4) is 5.75 Å². The van der Waals surface area contributed by atoms with E-state index >= 15 is 47.9 Å². The van der Waals surface area contributed by atoms with Crippen LogP contribution in [0.25, 0.3) is 21.8 Å². The molecule has 0 saturated carbocycles. The third-order valence-electron chi connectivity index (χ3n) is 24.6. The largest absolute Gasteiger partial charge is 0.508 e. The lowest BCUT2D eigenvalue weighted by atomic mass is 10.00. The lowest BCUT2D eigenvalue weighted by molar-refractivity contribution is -0.149. The molecule has 135 heavy (non-hydrogen) atoms. The number of hydrogen-bond donors (Lipinski definition) is 20. The average molecular weight is 1900 g/mol. The van der Waals surface area contributed by atoms with Gasteiger partial charge in [-0.25, -0.2) is 4.98 Å². The summed E-state index contributed by atoms with van der Waals surface area (Å²) in [6, 6.07) is -1.79. The quantitative estimate of drug-likeness (QED) is 0.0264. The SMILES string of the molecule is CCCCC1C(=O)N(C)C(CCCC)C(=O)NC(CCCN)C(=O)NC(C(=O)NCC(N)=O)CSCC(=O)NC(Cc2ccc(O)cc2)C(=O)N2CCNCC2C(=O)NC(CC(N)=O)C(=O)N2CCCC2C(=O)NC(Cc2cnc[nH]2)C(=O)NC(CC(C)C)C(=O)N2CC(O)CC2C(=O)NC(Cc2c[nH]c3ccccc23)C(=O)NC(CO)C(=O)NC(Cc2c[nH]c3ccccc23)C(=O)N1C. The standard InChI is InChI=1S/C91H127N23O20S/c1-7-9-22-70-83(126)102-61(21-15-29-92)79(122)109-69(78(121)99-44-76(94)119)47-135-48-77(120)101-65(34-51-25-27-55(116)28-26-51)88(131)113-32-30-95-43-74(113)86(129)107-67(39-75(93)118)89(132)112-31-16-24-71(112)84(127)104-63(37-54-42-96-49-100-54)81(124)105-64(33-50(3)4)90(133)114-45-56(117)38-73(114)85(128)103-62(35-52-40-97-59-19-13-11-17-57(52)59)80(123)108-68(46-115)82(125)106-66(36-53-41-98-60-20-14-12-18-58(53)60)87(130)111(6)72(23-10-8-2)91(134)110(70)5/h11-14,17-20,25-28,40-42,49-50,56,61-74,95,97-98,115-117H,7-10,15-16,21-24,29-39,43-48,92H2,1-6H3,(H2,93,118)(H2,94,119)(H,96,100)(H,99,121)(H,101,120)(H,102,126)(H,103,128)(H,104,127)(H,105,124)(H,106,125)(H,107,129)(H,108,123)(H,109,122). The van der Waals surface area contributed by atoms with Gasteiger partial charge < -0.3 is 130 Å². The fraction of sp³-hybridized carbons (Fsp3) is 0.538. The summed E-state index contributed by atoms with van der Waals surface area (Å²) < 4.78 is 0. The van der Waals surface area contributed by atoms with Crippen molar-refractivity contribution in [2.75, 3.05) is 78.0 Å². The maximum atomic E-state index is 15.7. The van der Waals surface area contributed by atoms with E-state index in [0.29, 0.717) is 69.9 Å². The van der Waals surface area contributed by atoms with Crippen molar-refractivity contribution in [1.29, 1.82) is 0 Å². The van der Waals surface area contributed by atoms with Crippen LogP contribution in [0.2, 0.25) is 0 Å². The topological polar surface area (TPSA) is 638 Å². The van der Waals surface area contributed by atoms with Gasteiger partial charge in [0.25, 0.3) is 0 Å². The molecule has 3 aromatic carbocycles. The second kappa shape index (κ2) is 49.8. The van der Waals surface area contributed by atoms with Crippen LogP contribution in [0.15, 0.2) is 97.7 Å². The predicted octanol–water partition coefficient (Wildman–Crippen LogP) is -3.50. The number of carbonyl (C=O) groups excluding carboxylic acids is 17. The summed E-state index contributed by atoms with van der Waals surface area (Å²) >= 11 is 0.792. The molecule has 4 saturated heterocycles. The molecule has 44 heteroatoms. The molecule has 10 rings (SSSR count). The number of piperazine rings is 1. The minimum Gasteiger partial charge on any atom is -0.508 e. The minimum atomic E-state index is -1.88. The fourth-order valence-electron chi connectivity index (χ4n) is 17.3. The maximum absolute atomic E-state index is 15.7. The number of aromatic hydroxyl groups is 1. The van der Waals surface area contributed by atoms with Crippen LogP contribution in [-0.2, 0) is 107 Å². The molecule has 0 spiro atoms. The highest BCUT2D eigenvalue weighted by atomic mass is 32.2. The summed E-state index contributed by atoms with van der Waals surface area (Å²) in [7, 11) is 2.72. The van der Waals surface area contributed by atoms with Crippen molar-refractivity contribution in [2.24, 2.45) is 23.1 Å². The van der Waals surface area contributed by atoms with Gasteiger partial charge in [-0.3, -0.25) is 81.5 Å². The highest BCUT2D eigenvalue weighted by Crippen LogP contribution is 2.28. The zero-order chi connectivity index (χ0) is 97.9. The summed E-state index contributed by atoms with van der Waals surface area (Å²) in [6.45, 7) is 4.53. The Balaban J connectivity index is 1.02. The molecule has 4 aliphatic heterocycles. The number of primary amides is 2. The molecule has 23 N–H and O–H groups in total. The summed E-state index contributed by atoms with van der Waals surface area (Å²) in [5.74, 6) is -17.1. The molecule has 15 unspecified atom stereocenters. The lowest BCUT2D eigenvalue weighted by Gasteiger charge is -2.38. The molecule has 0 aliphatic carbocycles. The lowest BCUT2D eigenvalue weighted by Crippen LogP contribution is -2.65. The number of hydrogen-bond acceptors (Lipinski definition) is 24. The molecular formula is C91H127N23O20S. The monoisotopic (exact) mass is 1890 g/mol. The van der Waals surface area contributed by atoms with Crippen LogP contribution in [0.5, 0.6) is 5.75 Å². The molecule has 43 nitrogen and oxygen atoms in total. The van der Waals surface area contributed by atoms with Gasteiger partial charge in [-0.05, 0) is 98.4 Å². The van der Waals surface area contributed by atoms with Crippen molar-refractivity contribution in [1.82, 2.24) is 103 Å². The van der Waals surface area contributed by atoms with Crippen LogP contribution in [0.4, 0.5) is 0 Å². The molecule has 17 amide bonds. The molecule has 0 bridgehead atoms. The molecular weight excluding hydrogens is 1770 g/mol. The first-order chi connectivity index (χ1) is 64.6. The van der Waals surface area contributed by atoms with Crippen molar-refractivity contribution in [2.45, 2.75) is 228 Å². The van der Waals surface area contributed by atoms with E-state index < -0.39 is 229 Å². The number of aromatic amines is 3. The molecule has 0 radical (unpaired) electrons. The van der Waals surface area contributed by atoms with Gasteiger partial charge in [0, 0.05) is 131 Å². The number of fused-ring (bicyclic) bond motifs is 5. The van der Waals surface area contributed by atoms with Gasteiger partial charge in [0.15, 0.2) is 0 Å². The number of benzene rings is 3. The molecule has 4 fully saturated rings. The van der Waals surface area contributed by atoms with E-state index in [-0.39, 0.29) is 121 Å². The third kappa shape index (κ3) is 28.3. The van der Waals surface area contributed by atoms with Crippen LogP contribution in [0.1, 0.15) is 134 Å². The Morgan fingerprint density at radius 2 is 1.09 bits per heavy atom. The number of carbonyl (C=O) groups is 17. The average Bonchev–Trinajstić information content (AvgIpc) is 1.43. The highest BCUT2D eigenvalue weighted by Gasteiger charge is 2.47. The first kappa shape index (κ1) is 104. The number of phenols is 1. The number of aliphatic hydroxyl groups is 2. The van der Waals surface area contributed by atoms with E-state index in [9.17, 15) is 48.9 Å². The molecule has 732 valence electrons. The number of amides is 17. The molecule has 3 aromatic heterocycles. The number of likely N-dealkylation sites (N-methyl/N-ethyl adjacent to an activating group) is 2. The Morgan fingerprint density at radius 1 is 0.548 bits per heavy atom. The van der Waals surface area contributed by atoms with Crippen LogP contribution in [0, 0.1) is 5.92 Å². The predicted molar refractivity (Wildman–Crippen MR) is 495 cm³/mol. The zero-order valence-corrected chi connectivity index (χ0v) is 77.5. The summed E-state index contributed by atoms with van der Waals surface area (Å²) in [6.07, 6.45) is 4.07. The number of H-pyrrole nitrogens is 3. The number of nitrogens with zero attached hydrogens (tertiary/aromatic N) is 6. The summed E-state index contributed by atoms with van der Waals surface area (Å²) in [5, 5.41) is 64.1. The van der Waals surface area contributed by atoms with E-state index in [1.54, 1.807) is 74.8 Å². The first-order valence-electron chi connectivity index (χ1n) is 45.7. The van der Waals surface area contributed by atoms with Gasteiger partial charge in [-0.2, -0.15) is 0 Å². The summed E-state index contributed by atoms with van der Waals surface area (Å²) in [4.78, 5) is 270. The Morgan fingerprint density at radius 3 is 1.70 bits per heavy atom. The number of nitrogens with two attached hydrogens (primary N) is 3. The number of aromatic nitrogens is 4. The van der Waals surface area contributed by atoms with E-state index in [1.165, 1.54) is 55.8 Å². The van der Waals surface area contributed by atoms with Gasteiger partial charge in [0.05, 0.1) is 37.8 Å². The number of unbranched alkanes of at least 4 members (excludes halogenated alkanes) is 2. The van der Waals surface area contributed by atoms with Gasteiger partial charge in [0.1, 0.15) is 90.3 Å². The number of para-hydroxylation sites is 2. The van der Waals surface area contributed by atoms with Crippen molar-refractivity contribution >= 4 is 134 Å². The smallest absolute Gasteiger partial charge is 0.246 e. The third-order valence-corrected chi connectivity index (χ3v) is 25.6. The first-order valence-corrected chi connectivity index (χ1v) is 46.9. The highest BCUT2D eigenvalue weighted by molar-refractivity contribution is 8.00. The number of imidazole rings is 1. The van der Waals surface area contributed by atoms with Crippen LogP contribution >= 0.6 is 11.8 Å². The maximum Gasteiger partial charge on any atom is 0.246 e. The molecule has 4 aliphatic rings. The number of nitrogens with one attached hydrogen (secondary N) is 14. The number of phenolic OH excluding ortho intramolecular Hbond substituents is 1. The van der Waals surface area contributed by atoms with E-state index in [0.717, 1.165) is 31.4 Å². The normalized spacial score (nSPS) is 25.3. The second-order valence-corrected chi connectivity index (χ2v) is 36.1. The molecule has 15 atom stereocenters. The Kier molecular flexibility index (Phi) is 38.4. The number of aliphatic hydroxyl groups excluding tert-OH is 2. The van der Waals surface area contributed by atoms with Gasteiger partial charge in [0.2, 0.25) is 100 Å². The Labute approximate surface area is 784 Å². The van der Waals surface area contributed by atoms with Crippen LogP contribution < -0.4 is 75.7 Å². The van der Waals surface area contributed by atoms with E-state index in [4.69, 9.17) is 17.2 Å². The van der Waals surface area contributed by atoms with Crippen molar-refractivity contribution in [3.63, 3.8) is 0 Å². The number of rotatable bonds is 25. The van der Waals surface area contributed by atoms with Crippen molar-refractivity contribution < 1.29 is 96.8 Å². The molecule has 6 aromatic rings. The van der Waals surface area contributed by atoms with E-state index in [1.807, 2.05) is 13.8 Å². The van der Waals surface area contributed by atoms with E-state index in [2.05, 4.69) is 78.4 Å². The minimum absolute atomic E-state index is 0.00343. The number of thioether (sulfide) groups is 1. The Hall–Kier alpha value is -13.1.